The number of nitrogens with zero attached hydrogens (tertiary/aromatic N) is 2. The number of hydrogen-bond donors (Lipinski definition) is 1. The first kappa shape index (κ1) is 15.2. The van der Waals surface area contributed by atoms with E-state index in [9.17, 15) is 0 Å². The SMILES string of the molecule is CCNC(C)CCc1nc(Cc2cccc(Br)c2)no1. The highest BCUT2D eigenvalue weighted by Gasteiger charge is 2.09. The lowest BCUT2D eigenvalue weighted by Crippen LogP contribution is -2.25. The minimum atomic E-state index is 0.473. The van der Waals surface area contributed by atoms with Crippen LogP contribution in [-0.4, -0.2) is 22.7 Å². The van der Waals surface area contributed by atoms with Gasteiger partial charge in [0.2, 0.25) is 5.89 Å². The van der Waals surface area contributed by atoms with Crippen LogP contribution in [0.4, 0.5) is 0 Å². The smallest absolute Gasteiger partial charge is 0.226 e. The molecule has 108 valence electrons. The van der Waals surface area contributed by atoms with Crippen molar-refractivity contribution in [1.29, 1.82) is 0 Å². The Bertz CT molecular complexity index is 541. The second kappa shape index (κ2) is 7.55. The first-order valence-electron chi connectivity index (χ1n) is 6.96. The largest absolute Gasteiger partial charge is 0.339 e. The number of aryl methyl sites for hydroxylation is 1. The molecule has 0 fully saturated rings. The molecule has 2 aromatic rings. The number of nitrogens with one attached hydrogen (secondary N) is 1. The summed E-state index contributed by atoms with van der Waals surface area (Å²) in [6.45, 7) is 5.26. The van der Waals surface area contributed by atoms with Gasteiger partial charge in [-0.25, -0.2) is 0 Å². The minimum Gasteiger partial charge on any atom is -0.339 e. The zero-order valence-electron chi connectivity index (χ0n) is 11.9. The molecule has 1 heterocycles. The summed E-state index contributed by atoms with van der Waals surface area (Å²) in [6.07, 6.45) is 2.53. The molecule has 0 bridgehead atoms. The van der Waals surface area contributed by atoms with Crippen LogP contribution < -0.4 is 5.32 Å². The van der Waals surface area contributed by atoms with Crippen LogP contribution in [0.3, 0.4) is 0 Å². The van der Waals surface area contributed by atoms with E-state index < -0.39 is 0 Å². The van der Waals surface area contributed by atoms with E-state index in [1.165, 1.54) is 5.56 Å². The lowest BCUT2D eigenvalue weighted by molar-refractivity contribution is 0.363. The average molecular weight is 338 g/mol. The summed E-state index contributed by atoms with van der Waals surface area (Å²) in [5.41, 5.74) is 1.17. The number of benzene rings is 1. The van der Waals surface area contributed by atoms with Gasteiger partial charge < -0.3 is 9.84 Å². The van der Waals surface area contributed by atoms with Gasteiger partial charge in [0.1, 0.15) is 0 Å². The van der Waals surface area contributed by atoms with Crippen molar-refractivity contribution in [3.63, 3.8) is 0 Å². The number of hydrogen-bond acceptors (Lipinski definition) is 4. The summed E-state index contributed by atoms with van der Waals surface area (Å²) < 4.78 is 6.36. The molecule has 0 aliphatic carbocycles. The average Bonchev–Trinajstić information content (AvgIpc) is 2.84. The van der Waals surface area contributed by atoms with E-state index in [0.717, 1.165) is 35.6 Å². The Hall–Kier alpha value is -1.20. The van der Waals surface area contributed by atoms with Crippen molar-refractivity contribution in [2.45, 2.75) is 39.2 Å². The van der Waals surface area contributed by atoms with Gasteiger partial charge in [-0.3, -0.25) is 0 Å². The summed E-state index contributed by atoms with van der Waals surface area (Å²) in [4.78, 5) is 4.45. The fourth-order valence-corrected chi connectivity index (χ4v) is 2.53. The quantitative estimate of drug-likeness (QED) is 0.841. The van der Waals surface area contributed by atoms with Gasteiger partial charge in [-0.1, -0.05) is 40.1 Å². The Kier molecular flexibility index (Phi) is 5.73. The van der Waals surface area contributed by atoms with Gasteiger partial charge in [0.25, 0.3) is 0 Å². The Morgan fingerprint density at radius 2 is 2.25 bits per heavy atom. The molecule has 0 saturated heterocycles. The topological polar surface area (TPSA) is 51.0 Å². The van der Waals surface area contributed by atoms with Crippen LogP contribution in [0.2, 0.25) is 0 Å². The van der Waals surface area contributed by atoms with Crippen LogP contribution >= 0.6 is 15.9 Å². The fourth-order valence-electron chi connectivity index (χ4n) is 2.08. The molecule has 1 N–H and O–H groups in total. The van der Waals surface area contributed by atoms with Crippen LogP contribution in [0.15, 0.2) is 33.3 Å². The van der Waals surface area contributed by atoms with Crippen molar-refractivity contribution in [2.24, 2.45) is 0 Å². The third-order valence-corrected chi connectivity index (χ3v) is 3.60. The van der Waals surface area contributed by atoms with Gasteiger partial charge in [-0.05, 0) is 37.6 Å². The highest BCUT2D eigenvalue weighted by Crippen LogP contribution is 2.14. The highest BCUT2D eigenvalue weighted by molar-refractivity contribution is 9.10. The van der Waals surface area contributed by atoms with Gasteiger partial charge >= 0.3 is 0 Å². The predicted molar refractivity (Wildman–Crippen MR) is 82.7 cm³/mol. The lowest BCUT2D eigenvalue weighted by Gasteiger charge is -2.09. The van der Waals surface area contributed by atoms with E-state index >= 15 is 0 Å². The van der Waals surface area contributed by atoms with E-state index in [2.05, 4.69) is 57.4 Å². The standard InChI is InChI=1S/C15H20BrN3O/c1-3-17-11(2)7-8-15-18-14(19-20-15)10-12-5-4-6-13(16)9-12/h4-6,9,11,17H,3,7-8,10H2,1-2H3. The molecule has 0 amide bonds. The number of halogens is 1. The molecule has 0 aliphatic rings. The maximum absolute atomic E-state index is 5.30. The summed E-state index contributed by atoms with van der Waals surface area (Å²) in [5.74, 6) is 1.47. The van der Waals surface area contributed by atoms with Crippen LogP contribution in [0.5, 0.6) is 0 Å². The van der Waals surface area contributed by atoms with Gasteiger partial charge in [-0.15, -0.1) is 0 Å². The van der Waals surface area contributed by atoms with Crippen molar-refractivity contribution in [2.75, 3.05) is 6.54 Å². The summed E-state index contributed by atoms with van der Waals surface area (Å²) >= 11 is 3.46. The minimum absolute atomic E-state index is 0.473. The monoisotopic (exact) mass is 337 g/mol. The molecule has 0 spiro atoms. The molecule has 0 saturated carbocycles. The molecular formula is C15H20BrN3O. The maximum atomic E-state index is 5.30. The summed E-state index contributed by atoms with van der Waals surface area (Å²) in [6, 6.07) is 8.63. The lowest BCUT2D eigenvalue weighted by atomic mass is 10.1. The fraction of sp³-hybridized carbons (Fsp3) is 0.467. The molecule has 0 aliphatic heterocycles. The third kappa shape index (κ3) is 4.72. The Morgan fingerprint density at radius 1 is 1.40 bits per heavy atom. The third-order valence-electron chi connectivity index (χ3n) is 3.11. The molecule has 1 aromatic carbocycles. The summed E-state index contributed by atoms with van der Waals surface area (Å²) in [5, 5.41) is 7.42. The molecule has 4 nitrogen and oxygen atoms in total. The molecular weight excluding hydrogens is 318 g/mol. The second-order valence-electron chi connectivity index (χ2n) is 4.91. The van der Waals surface area contributed by atoms with Crippen molar-refractivity contribution in [1.82, 2.24) is 15.5 Å². The van der Waals surface area contributed by atoms with Crippen LogP contribution in [0.25, 0.3) is 0 Å². The first-order chi connectivity index (χ1) is 9.67. The predicted octanol–water partition coefficient (Wildman–Crippen LogP) is 3.35. The van der Waals surface area contributed by atoms with Crippen molar-refractivity contribution >= 4 is 15.9 Å². The van der Waals surface area contributed by atoms with Crippen molar-refractivity contribution in [3.05, 3.63) is 46.0 Å². The van der Waals surface area contributed by atoms with Crippen LogP contribution in [-0.2, 0) is 12.8 Å². The van der Waals surface area contributed by atoms with Gasteiger partial charge in [0.05, 0.1) is 0 Å². The Morgan fingerprint density at radius 3 is 3.00 bits per heavy atom. The van der Waals surface area contributed by atoms with E-state index in [1.54, 1.807) is 0 Å². The second-order valence-corrected chi connectivity index (χ2v) is 5.82. The zero-order valence-corrected chi connectivity index (χ0v) is 13.5. The number of rotatable bonds is 7. The number of aromatic nitrogens is 2. The zero-order chi connectivity index (χ0) is 14.4. The van der Waals surface area contributed by atoms with Crippen LogP contribution in [0, 0.1) is 0 Å². The molecule has 0 radical (unpaired) electrons. The van der Waals surface area contributed by atoms with Crippen LogP contribution in [0.1, 0.15) is 37.5 Å². The van der Waals surface area contributed by atoms with Gasteiger partial charge in [-0.2, -0.15) is 4.98 Å². The molecule has 1 atom stereocenters. The highest BCUT2D eigenvalue weighted by atomic mass is 79.9. The van der Waals surface area contributed by atoms with E-state index in [1.807, 2.05) is 12.1 Å². The van der Waals surface area contributed by atoms with Gasteiger partial charge in [0, 0.05) is 23.4 Å². The Balaban J connectivity index is 1.89. The van der Waals surface area contributed by atoms with Crippen molar-refractivity contribution < 1.29 is 4.52 Å². The molecule has 2 rings (SSSR count). The first-order valence-corrected chi connectivity index (χ1v) is 7.76. The van der Waals surface area contributed by atoms with Gasteiger partial charge in [0.15, 0.2) is 5.82 Å². The van der Waals surface area contributed by atoms with Crippen molar-refractivity contribution in [3.8, 4) is 0 Å². The maximum Gasteiger partial charge on any atom is 0.226 e. The molecule has 1 unspecified atom stereocenters. The normalized spacial score (nSPS) is 12.6. The van der Waals surface area contributed by atoms with E-state index in [4.69, 9.17) is 4.52 Å². The summed E-state index contributed by atoms with van der Waals surface area (Å²) in [7, 11) is 0. The molecule has 20 heavy (non-hydrogen) atoms. The molecule has 1 aromatic heterocycles. The van der Waals surface area contributed by atoms with E-state index in [0.29, 0.717) is 12.5 Å². The molecule has 5 heteroatoms. The Labute approximate surface area is 128 Å². The van der Waals surface area contributed by atoms with E-state index in [-0.39, 0.29) is 0 Å².